The second-order valence-corrected chi connectivity index (χ2v) is 6.30. The number of nitrogens with zero attached hydrogens (tertiary/aromatic N) is 3. The highest BCUT2D eigenvalue weighted by Gasteiger charge is 2.22. The minimum absolute atomic E-state index is 0.223. The molecule has 1 unspecified atom stereocenters. The Labute approximate surface area is 146 Å². The predicted molar refractivity (Wildman–Crippen MR) is 94.8 cm³/mol. The van der Waals surface area contributed by atoms with Gasteiger partial charge in [-0.1, -0.05) is 0 Å². The maximum Gasteiger partial charge on any atom is 0.144 e. The average Bonchev–Trinajstić information content (AvgIpc) is 2.63. The fraction of sp³-hybridized carbons (Fsp3) is 0.368. The molecule has 0 radical (unpaired) electrons. The van der Waals surface area contributed by atoms with Crippen molar-refractivity contribution >= 4 is 11.5 Å². The molecule has 1 aromatic carbocycles. The van der Waals surface area contributed by atoms with Crippen molar-refractivity contribution in [2.75, 3.05) is 23.3 Å². The molecule has 0 saturated carbocycles. The van der Waals surface area contributed by atoms with Crippen LogP contribution in [0.25, 0.3) is 0 Å². The van der Waals surface area contributed by atoms with Crippen molar-refractivity contribution in [2.45, 2.75) is 31.9 Å². The van der Waals surface area contributed by atoms with Crippen LogP contribution in [-0.2, 0) is 0 Å². The number of aliphatic hydroxyl groups is 1. The quantitative estimate of drug-likeness (QED) is 0.894. The van der Waals surface area contributed by atoms with Gasteiger partial charge in [0.25, 0.3) is 0 Å². The molecule has 130 valence electrons. The fourth-order valence-electron chi connectivity index (χ4n) is 3.16. The minimum atomic E-state index is -0.300. The summed E-state index contributed by atoms with van der Waals surface area (Å²) in [5.41, 5.74) is 2.21. The molecule has 0 bridgehead atoms. The van der Waals surface area contributed by atoms with E-state index in [4.69, 9.17) is 0 Å². The molecule has 3 rings (SSSR count). The van der Waals surface area contributed by atoms with E-state index in [0.29, 0.717) is 24.2 Å². The summed E-state index contributed by atoms with van der Waals surface area (Å²) in [7, 11) is 0. The number of halogens is 1. The van der Waals surface area contributed by atoms with Crippen LogP contribution in [0.2, 0.25) is 0 Å². The van der Waals surface area contributed by atoms with Gasteiger partial charge in [-0.25, -0.2) is 9.37 Å². The number of aromatic nitrogens is 1. The van der Waals surface area contributed by atoms with Crippen LogP contribution < -0.4 is 10.2 Å². The summed E-state index contributed by atoms with van der Waals surface area (Å²) in [6.45, 7) is 3.39. The van der Waals surface area contributed by atoms with Crippen LogP contribution in [0.3, 0.4) is 0 Å². The Morgan fingerprint density at radius 3 is 2.84 bits per heavy atom. The molecule has 1 saturated heterocycles. The zero-order valence-electron chi connectivity index (χ0n) is 14.1. The molecule has 1 fully saturated rings. The van der Waals surface area contributed by atoms with Gasteiger partial charge in [0.05, 0.1) is 17.7 Å². The maximum atomic E-state index is 13.9. The second kappa shape index (κ2) is 7.49. The normalized spacial score (nSPS) is 16.3. The number of pyridine rings is 1. The average molecular weight is 340 g/mol. The number of hydrogen-bond donors (Lipinski definition) is 2. The molecule has 2 heterocycles. The van der Waals surface area contributed by atoms with Gasteiger partial charge in [-0.2, -0.15) is 5.26 Å². The van der Waals surface area contributed by atoms with Crippen molar-refractivity contribution in [3.05, 3.63) is 53.5 Å². The van der Waals surface area contributed by atoms with E-state index in [2.05, 4.69) is 21.3 Å². The van der Waals surface area contributed by atoms with Crippen LogP contribution in [-0.4, -0.2) is 29.3 Å². The summed E-state index contributed by atoms with van der Waals surface area (Å²) in [4.78, 5) is 6.39. The Hall–Kier alpha value is -2.65. The van der Waals surface area contributed by atoms with E-state index in [1.807, 2.05) is 6.92 Å². The van der Waals surface area contributed by atoms with Gasteiger partial charge in [0.15, 0.2) is 0 Å². The molecule has 0 aliphatic carbocycles. The van der Waals surface area contributed by atoms with Gasteiger partial charge in [0, 0.05) is 30.5 Å². The number of rotatable bonds is 4. The highest BCUT2D eigenvalue weighted by molar-refractivity contribution is 5.59. The lowest BCUT2D eigenvalue weighted by Crippen LogP contribution is -2.36. The number of benzene rings is 1. The minimum Gasteiger partial charge on any atom is -0.393 e. The van der Waals surface area contributed by atoms with Crippen LogP contribution in [0.4, 0.5) is 15.9 Å². The smallest absolute Gasteiger partial charge is 0.144 e. The Morgan fingerprint density at radius 1 is 1.36 bits per heavy atom. The third-order valence-electron chi connectivity index (χ3n) is 4.54. The van der Waals surface area contributed by atoms with Crippen LogP contribution in [0.1, 0.15) is 36.9 Å². The van der Waals surface area contributed by atoms with Gasteiger partial charge in [-0.05, 0) is 50.1 Å². The van der Waals surface area contributed by atoms with E-state index in [0.717, 1.165) is 24.3 Å². The summed E-state index contributed by atoms with van der Waals surface area (Å²) in [6, 6.07) is 10.1. The summed E-state index contributed by atoms with van der Waals surface area (Å²) >= 11 is 0. The largest absolute Gasteiger partial charge is 0.393 e. The Bertz CT molecular complexity index is 781. The molecule has 1 aromatic heterocycles. The lowest BCUT2D eigenvalue weighted by atomic mass is 10.0. The first-order valence-corrected chi connectivity index (χ1v) is 8.42. The lowest BCUT2D eigenvalue weighted by molar-refractivity contribution is 0.145. The monoisotopic (exact) mass is 340 g/mol. The molecular weight excluding hydrogens is 319 g/mol. The highest BCUT2D eigenvalue weighted by atomic mass is 19.1. The Morgan fingerprint density at radius 2 is 2.12 bits per heavy atom. The summed E-state index contributed by atoms with van der Waals surface area (Å²) in [5, 5.41) is 22.1. The van der Waals surface area contributed by atoms with Crippen LogP contribution >= 0.6 is 0 Å². The fourth-order valence-corrected chi connectivity index (χ4v) is 3.16. The van der Waals surface area contributed by atoms with E-state index in [9.17, 15) is 14.8 Å². The molecule has 2 aromatic rings. The maximum absolute atomic E-state index is 13.9. The summed E-state index contributed by atoms with van der Waals surface area (Å²) in [5.74, 6) is 0.188. The summed E-state index contributed by atoms with van der Waals surface area (Å²) < 4.78 is 13.9. The third kappa shape index (κ3) is 3.89. The number of nitrogens with one attached hydrogen (secondary N) is 1. The molecule has 1 aliphatic heterocycles. The number of hydrogen-bond acceptors (Lipinski definition) is 5. The molecule has 1 aliphatic rings. The van der Waals surface area contributed by atoms with Crippen molar-refractivity contribution in [3.8, 4) is 6.07 Å². The van der Waals surface area contributed by atoms with E-state index in [-0.39, 0.29) is 18.0 Å². The van der Waals surface area contributed by atoms with Crippen molar-refractivity contribution in [1.29, 1.82) is 5.26 Å². The predicted octanol–water partition coefficient (Wildman–Crippen LogP) is 3.23. The molecule has 1 atom stereocenters. The van der Waals surface area contributed by atoms with Crippen LogP contribution in [0.5, 0.6) is 0 Å². The van der Waals surface area contributed by atoms with Gasteiger partial charge < -0.3 is 15.3 Å². The molecule has 6 heteroatoms. The number of aliphatic hydroxyl groups excluding tert-OH is 1. The SMILES string of the molecule is CC(Nc1ncccc1C#N)c1cc(F)ccc1N1CCC(O)CC1. The highest BCUT2D eigenvalue weighted by Crippen LogP contribution is 2.31. The zero-order valence-corrected chi connectivity index (χ0v) is 14.1. The van der Waals surface area contributed by atoms with Crippen molar-refractivity contribution in [3.63, 3.8) is 0 Å². The number of nitriles is 1. The molecule has 25 heavy (non-hydrogen) atoms. The standard InChI is InChI=1S/C19H21FN4O/c1-13(23-19-14(12-21)3-2-8-22-19)17-11-15(20)4-5-18(17)24-9-6-16(25)7-10-24/h2-5,8,11,13,16,25H,6-7,9-10H2,1H3,(H,22,23). The first kappa shape index (κ1) is 17.2. The van der Waals surface area contributed by atoms with Gasteiger partial charge in [-0.15, -0.1) is 0 Å². The van der Waals surface area contributed by atoms with Gasteiger partial charge in [0.2, 0.25) is 0 Å². The number of piperidine rings is 1. The molecule has 0 amide bonds. The molecule has 2 N–H and O–H groups in total. The first-order chi connectivity index (χ1) is 12.1. The van der Waals surface area contributed by atoms with E-state index < -0.39 is 0 Å². The lowest BCUT2D eigenvalue weighted by Gasteiger charge is -2.34. The molecule has 0 spiro atoms. The second-order valence-electron chi connectivity index (χ2n) is 6.30. The van der Waals surface area contributed by atoms with E-state index in [1.165, 1.54) is 12.1 Å². The van der Waals surface area contributed by atoms with E-state index >= 15 is 0 Å². The van der Waals surface area contributed by atoms with Crippen LogP contribution in [0.15, 0.2) is 36.5 Å². The molecule has 5 nitrogen and oxygen atoms in total. The van der Waals surface area contributed by atoms with E-state index in [1.54, 1.807) is 24.4 Å². The van der Waals surface area contributed by atoms with Crippen molar-refractivity contribution < 1.29 is 9.50 Å². The molecular formula is C19H21FN4O. The van der Waals surface area contributed by atoms with Gasteiger partial charge >= 0.3 is 0 Å². The van der Waals surface area contributed by atoms with Gasteiger partial charge in [-0.3, -0.25) is 0 Å². The van der Waals surface area contributed by atoms with Crippen LogP contribution in [0, 0.1) is 17.1 Å². The summed E-state index contributed by atoms with van der Waals surface area (Å²) in [6.07, 6.45) is 2.77. The topological polar surface area (TPSA) is 72.2 Å². The van der Waals surface area contributed by atoms with Gasteiger partial charge in [0.1, 0.15) is 17.7 Å². The van der Waals surface area contributed by atoms with Crippen molar-refractivity contribution in [2.24, 2.45) is 0 Å². The number of anilines is 2. The zero-order chi connectivity index (χ0) is 17.8. The van der Waals surface area contributed by atoms with Crippen molar-refractivity contribution in [1.82, 2.24) is 4.98 Å². The third-order valence-corrected chi connectivity index (χ3v) is 4.54. The Balaban J connectivity index is 1.88. The first-order valence-electron chi connectivity index (χ1n) is 8.42. The Kier molecular flexibility index (Phi) is 5.15.